The number of amides is 1. The van der Waals surface area contributed by atoms with E-state index >= 15 is 0 Å². The number of anilines is 1. The molecular formula is C26H39N5O4. The first-order valence-electron chi connectivity index (χ1n) is 13.5. The van der Waals surface area contributed by atoms with Gasteiger partial charge in [0.2, 0.25) is 11.9 Å². The Bertz CT molecular complexity index is 837. The molecule has 0 bridgehead atoms. The molecule has 35 heavy (non-hydrogen) atoms. The molecule has 3 saturated heterocycles. The van der Waals surface area contributed by atoms with Gasteiger partial charge in [-0.1, -0.05) is 6.42 Å². The van der Waals surface area contributed by atoms with Crippen molar-refractivity contribution in [3.8, 4) is 0 Å². The molecule has 1 aromatic rings. The van der Waals surface area contributed by atoms with Gasteiger partial charge in [0, 0.05) is 44.0 Å². The van der Waals surface area contributed by atoms with Gasteiger partial charge in [-0.2, -0.15) is 0 Å². The first-order valence-corrected chi connectivity index (χ1v) is 13.5. The lowest BCUT2D eigenvalue weighted by Crippen LogP contribution is -2.60. The molecule has 192 valence electrons. The summed E-state index contributed by atoms with van der Waals surface area (Å²) in [6.07, 6.45) is 12.0. The zero-order valence-corrected chi connectivity index (χ0v) is 20.6. The molecule has 0 radical (unpaired) electrons. The second-order valence-electron chi connectivity index (χ2n) is 10.5. The van der Waals surface area contributed by atoms with Crippen LogP contribution in [0.3, 0.4) is 0 Å². The van der Waals surface area contributed by atoms with Gasteiger partial charge in [0.05, 0.1) is 25.3 Å². The van der Waals surface area contributed by atoms with E-state index in [1.54, 1.807) is 12.4 Å². The van der Waals surface area contributed by atoms with Crippen LogP contribution in [0.25, 0.3) is 0 Å². The number of aromatic nitrogens is 2. The Hall–Kier alpha value is -2.10. The molecule has 3 atom stereocenters. The highest BCUT2D eigenvalue weighted by atomic mass is 16.5. The van der Waals surface area contributed by atoms with Crippen LogP contribution in [-0.4, -0.2) is 90.2 Å². The lowest BCUT2D eigenvalue weighted by molar-refractivity contribution is -0.133. The third-order valence-electron chi connectivity index (χ3n) is 8.14. The molecule has 1 N–H and O–H groups in total. The number of ether oxygens (including phenoxy) is 2. The van der Waals surface area contributed by atoms with Crippen LogP contribution in [0.2, 0.25) is 0 Å². The maximum Gasteiger partial charge on any atom is 0.249 e. The van der Waals surface area contributed by atoms with Gasteiger partial charge in [0.1, 0.15) is 11.9 Å². The number of nitrogens with one attached hydrogen (secondary N) is 1. The van der Waals surface area contributed by atoms with Gasteiger partial charge in [0.15, 0.2) is 0 Å². The van der Waals surface area contributed by atoms with Crippen LogP contribution >= 0.6 is 0 Å². The highest BCUT2D eigenvalue weighted by Gasteiger charge is 2.37. The Morgan fingerprint density at radius 3 is 2.49 bits per heavy atom. The molecule has 1 aliphatic carbocycles. The number of hydrogen-bond donors (Lipinski definition) is 1. The Morgan fingerprint density at radius 2 is 1.80 bits per heavy atom. The Labute approximate surface area is 207 Å². The van der Waals surface area contributed by atoms with Crippen molar-refractivity contribution in [3.63, 3.8) is 0 Å². The molecule has 0 aromatic carbocycles. The molecular weight excluding hydrogens is 446 g/mol. The van der Waals surface area contributed by atoms with Crippen molar-refractivity contribution < 1.29 is 19.1 Å². The van der Waals surface area contributed by atoms with Gasteiger partial charge in [0.25, 0.3) is 0 Å². The molecule has 0 spiro atoms. The van der Waals surface area contributed by atoms with Crippen molar-refractivity contribution in [2.75, 3.05) is 44.3 Å². The van der Waals surface area contributed by atoms with Crippen LogP contribution in [0, 0.1) is 5.92 Å². The van der Waals surface area contributed by atoms with Crippen molar-refractivity contribution >= 4 is 17.6 Å². The van der Waals surface area contributed by atoms with E-state index in [9.17, 15) is 9.59 Å². The van der Waals surface area contributed by atoms with E-state index in [1.807, 2.05) is 6.07 Å². The number of likely N-dealkylation sites (tertiary alicyclic amines) is 1. The van der Waals surface area contributed by atoms with Crippen molar-refractivity contribution in [2.45, 2.75) is 82.1 Å². The Balaban J connectivity index is 1.19. The van der Waals surface area contributed by atoms with E-state index in [0.29, 0.717) is 25.5 Å². The smallest absolute Gasteiger partial charge is 0.249 e. The summed E-state index contributed by atoms with van der Waals surface area (Å²) in [7, 11) is 0. The third kappa shape index (κ3) is 6.19. The quantitative estimate of drug-likeness (QED) is 0.567. The lowest BCUT2D eigenvalue weighted by atomic mass is 9.81. The van der Waals surface area contributed by atoms with Crippen molar-refractivity contribution in [1.29, 1.82) is 0 Å². The molecule has 9 heteroatoms. The molecule has 1 amide bonds. The summed E-state index contributed by atoms with van der Waals surface area (Å²) in [6.45, 7) is 4.26. The fraction of sp³-hybridized carbons (Fsp3) is 0.769. The van der Waals surface area contributed by atoms with Crippen LogP contribution < -0.4 is 10.2 Å². The number of carbonyl (C=O) groups is 2. The summed E-state index contributed by atoms with van der Waals surface area (Å²) >= 11 is 0. The van der Waals surface area contributed by atoms with Gasteiger partial charge >= 0.3 is 0 Å². The maximum atomic E-state index is 12.8. The first kappa shape index (κ1) is 24.6. The van der Waals surface area contributed by atoms with Gasteiger partial charge in [-0.3, -0.25) is 14.5 Å². The molecule has 2 unspecified atom stereocenters. The molecule has 4 heterocycles. The minimum Gasteiger partial charge on any atom is -0.376 e. The monoisotopic (exact) mass is 485 g/mol. The summed E-state index contributed by atoms with van der Waals surface area (Å²) in [4.78, 5) is 38.9. The Morgan fingerprint density at radius 1 is 1.00 bits per heavy atom. The second kappa shape index (κ2) is 11.8. The SMILES string of the molecule is O=C(CN1CCCC(NC(=O)[C@@H]2CCCO2)C1COC1CCN(c2ncccn2)CC1)C1CCC1. The summed E-state index contributed by atoms with van der Waals surface area (Å²) in [5.74, 6) is 1.34. The van der Waals surface area contributed by atoms with Gasteiger partial charge in [-0.25, -0.2) is 9.97 Å². The van der Waals surface area contributed by atoms with Crippen molar-refractivity contribution in [2.24, 2.45) is 5.92 Å². The fourth-order valence-corrected chi connectivity index (χ4v) is 5.74. The molecule has 1 aromatic heterocycles. The predicted octanol–water partition coefficient (Wildman–Crippen LogP) is 1.96. The van der Waals surface area contributed by atoms with Crippen LogP contribution in [0.5, 0.6) is 0 Å². The minimum absolute atomic E-state index is 0.00798. The largest absolute Gasteiger partial charge is 0.376 e. The van der Waals surface area contributed by atoms with Crippen LogP contribution in [-0.2, 0) is 19.1 Å². The molecule has 3 aliphatic heterocycles. The molecule has 9 nitrogen and oxygen atoms in total. The van der Waals surface area contributed by atoms with E-state index in [1.165, 1.54) is 0 Å². The summed E-state index contributed by atoms with van der Waals surface area (Å²) in [5.41, 5.74) is 0. The zero-order chi connectivity index (χ0) is 24.0. The first-order chi connectivity index (χ1) is 17.2. The maximum absolute atomic E-state index is 12.8. The predicted molar refractivity (Wildman–Crippen MR) is 131 cm³/mol. The van der Waals surface area contributed by atoms with Gasteiger partial charge < -0.3 is 19.7 Å². The number of piperidine rings is 2. The second-order valence-corrected chi connectivity index (χ2v) is 10.5. The van der Waals surface area contributed by atoms with Gasteiger partial charge in [-0.15, -0.1) is 0 Å². The van der Waals surface area contributed by atoms with E-state index in [0.717, 1.165) is 83.4 Å². The summed E-state index contributed by atoms with van der Waals surface area (Å²) < 4.78 is 12.1. The van der Waals surface area contributed by atoms with E-state index in [-0.39, 0.29) is 36.1 Å². The topological polar surface area (TPSA) is 96.9 Å². The minimum atomic E-state index is -0.340. The highest BCUT2D eigenvalue weighted by molar-refractivity contribution is 5.84. The van der Waals surface area contributed by atoms with Crippen LogP contribution in [0.1, 0.15) is 57.8 Å². The number of hydrogen-bond acceptors (Lipinski definition) is 8. The Kier molecular flexibility index (Phi) is 8.26. The van der Waals surface area contributed by atoms with E-state index in [2.05, 4.69) is 25.1 Å². The lowest BCUT2D eigenvalue weighted by Gasteiger charge is -2.43. The van der Waals surface area contributed by atoms with E-state index in [4.69, 9.17) is 9.47 Å². The summed E-state index contributed by atoms with van der Waals surface area (Å²) in [6, 6.07) is 1.82. The molecule has 5 rings (SSSR count). The normalized spacial score (nSPS) is 28.6. The van der Waals surface area contributed by atoms with Crippen molar-refractivity contribution in [3.05, 3.63) is 18.5 Å². The van der Waals surface area contributed by atoms with Crippen LogP contribution in [0.4, 0.5) is 5.95 Å². The number of carbonyl (C=O) groups excluding carboxylic acids is 2. The fourth-order valence-electron chi connectivity index (χ4n) is 5.74. The van der Waals surface area contributed by atoms with Crippen LogP contribution in [0.15, 0.2) is 18.5 Å². The number of rotatable bonds is 9. The third-order valence-corrected chi connectivity index (χ3v) is 8.14. The molecule has 1 saturated carbocycles. The number of ketones is 1. The van der Waals surface area contributed by atoms with Gasteiger partial charge in [-0.05, 0) is 64.0 Å². The number of nitrogens with zero attached hydrogens (tertiary/aromatic N) is 4. The average Bonchev–Trinajstić information content (AvgIpc) is 3.39. The molecule has 4 fully saturated rings. The number of Topliss-reactive ketones (excluding diaryl/α,β-unsaturated/α-hetero) is 1. The average molecular weight is 486 g/mol. The molecule has 4 aliphatic rings. The standard InChI is InChI=1S/C26H39N5O4/c32-23(19-5-1-6-19)17-31-13-2-7-21(29-25(33)24-8-3-16-34-24)22(31)18-35-20-9-14-30(15-10-20)26-27-11-4-12-28-26/h4,11-12,19-22,24H,1-3,5-10,13-18H2,(H,29,33)/t21?,22?,24-/m0/s1. The van der Waals surface area contributed by atoms with E-state index < -0.39 is 0 Å². The zero-order valence-electron chi connectivity index (χ0n) is 20.6. The highest BCUT2D eigenvalue weighted by Crippen LogP contribution is 2.29. The summed E-state index contributed by atoms with van der Waals surface area (Å²) in [5, 5.41) is 3.27. The van der Waals surface area contributed by atoms with Crippen molar-refractivity contribution in [1.82, 2.24) is 20.2 Å².